The van der Waals surface area contributed by atoms with Crippen molar-refractivity contribution >= 4 is 34.4 Å². The molecule has 0 aliphatic carbocycles. The summed E-state index contributed by atoms with van der Waals surface area (Å²) in [7, 11) is 0. The third kappa shape index (κ3) is 6.16. The van der Waals surface area contributed by atoms with Crippen LogP contribution >= 0.6 is 11.3 Å². The molecule has 1 rings (SSSR count). The zero-order valence-electron chi connectivity index (χ0n) is 5.81. The Hall–Kier alpha value is 1.43. The zero-order valence-corrected chi connectivity index (χ0v) is 11.2. The van der Waals surface area contributed by atoms with Crippen LogP contribution in [-0.2, 0) is 6.42 Å². The van der Waals surface area contributed by atoms with Crippen LogP contribution in [0.15, 0.2) is 17.5 Å². The van der Waals surface area contributed by atoms with E-state index < -0.39 is 0 Å². The number of hydrogen-bond donors (Lipinski definition) is 0. The SMILES string of the molecule is CCc1cccs1.[Br-].[Br-].[Mg+2]. The quantitative estimate of drug-likeness (QED) is 0.463. The van der Waals surface area contributed by atoms with Crippen LogP contribution in [0.4, 0.5) is 0 Å². The molecule has 0 saturated carbocycles. The summed E-state index contributed by atoms with van der Waals surface area (Å²) in [4.78, 5) is 1.47. The average Bonchev–Trinajstić information content (AvgIpc) is 2.14. The molecule has 1 aromatic rings. The fourth-order valence-corrected chi connectivity index (χ4v) is 1.17. The molecule has 0 fully saturated rings. The molecule has 0 N–H and O–H groups in total. The first-order valence-corrected chi connectivity index (χ1v) is 3.34. The summed E-state index contributed by atoms with van der Waals surface area (Å²) in [6.07, 6.45) is 1.18. The molecule has 4 heteroatoms. The molecule has 0 atom stereocenters. The Labute approximate surface area is 103 Å². The van der Waals surface area contributed by atoms with Gasteiger partial charge < -0.3 is 34.0 Å². The third-order valence-corrected chi connectivity index (χ3v) is 1.95. The standard InChI is InChI=1S/C6H8S.2BrH.Mg/c1-2-6-4-3-5-7-6;;;/h3-5H,2H2,1H3;2*1H;/q;;;+2/p-2. The molecule has 0 unspecified atom stereocenters. The Morgan fingerprint density at radius 2 is 2.00 bits per heavy atom. The predicted molar refractivity (Wildman–Crippen MR) is 39.5 cm³/mol. The minimum atomic E-state index is 0. The maximum atomic E-state index is 2.17. The first-order chi connectivity index (χ1) is 3.43. The molecule has 1 aromatic heterocycles. The second kappa shape index (κ2) is 10.4. The summed E-state index contributed by atoms with van der Waals surface area (Å²) < 4.78 is 0. The topological polar surface area (TPSA) is 0 Å². The Morgan fingerprint density at radius 3 is 2.20 bits per heavy atom. The van der Waals surface area contributed by atoms with Crippen molar-refractivity contribution in [1.29, 1.82) is 0 Å². The second-order valence-corrected chi connectivity index (χ2v) is 2.47. The van der Waals surface area contributed by atoms with Gasteiger partial charge in [-0.05, 0) is 17.9 Å². The van der Waals surface area contributed by atoms with E-state index in [9.17, 15) is 0 Å². The monoisotopic (exact) mass is 294 g/mol. The molecule has 0 nitrogen and oxygen atoms in total. The fourth-order valence-electron chi connectivity index (χ4n) is 0.514. The van der Waals surface area contributed by atoms with Crippen molar-refractivity contribution in [2.24, 2.45) is 0 Å². The molecule has 0 bridgehead atoms. The summed E-state index contributed by atoms with van der Waals surface area (Å²) in [5, 5.41) is 2.11. The van der Waals surface area contributed by atoms with Gasteiger partial charge in [-0.3, -0.25) is 0 Å². The van der Waals surface area contributed by atoms with Crippen molar-refractivity contribution < 1.29 is 34.0 Å². The van der Waals surface area contributed by atoms with Gasteiger partial charge in [-0.15, -0.1) is 11.3 Å². The first-order valence-electron chi connectivity index (χ1n) is 2.46. The van der Waals surface area contributed by atoms with Crippen LogP contribution < -0.4 is 34.0 Å². The Bertz CT molecular complexity index is 130. The van der Waals surface area contributed by atoms with Crippen LogP contribution in [0, 0.1) is 0 Å². The van der Waals surface area contributed by atoms with Gasteiger partial charge in [-0.1, -0.05) is 13.0 Å². The van der Waals surface area contributed by atoms with Crippen molar-refractivity contribution in [3.8, 4) is 0 Å². The van der Waals surface area contributed by atoms with E-state index in [2.05, 4.69) is 24.4 Å². The number of halogens is 2. The van der Waals surface area contributed by atoms with Crippen LogP contribution in [0.25, 0.3) is 0 Å². The van der Waals surface area contributed by atoms with Crippen molar-refractivity contribution in [3.63, 3.8) is 0 Å². The molecule has 0 aromatic carbocycles. The van der Waals surface area contributed by atoms with Gasteiger partial charge in [0, 0.05) is 4.88 Å². The van der Waals surface area contributed by atoms with Gasteiger partial charge in [0.2, 0.25) is 0 Å². The maximum Gasteiger partial charge on any atom is 2.00 e. The number of hydrogen-bond acceptors (Lipinski definition) is 1. The van der Waals surface area contributed by atoms with Gasteiger partial charge in [0.15, 0.2) is 0 Å². The predicted octanol–water partition coefficient (Wildman–Crippen LogP) is -4.06. The van der Waals surface area contributed by atoms with Gasteiger partial charge in [-0.2, -0.15) is 0 Å². The van der Waals surface area contributed by atoms with E-state index in [1.54, 1.807) is 0 Å². The number of thiophene rings is 1. The van der Waals surface area contributed by atoms with E-state index in [1.807, 2.05) is 11.3 Å². The van der Waals surface area contributed by atoms with Crippen LogP contribution in [0.5, 0.6) is 0 Å². The van der Waals surface area contributed by atoms with Crippen LogP contribution in [0.3, 0.4) is 0 Å². The summed E-state index contributed by atoms with van der Waals surface area (Å²) in [6.45, 7) is 2.17. The number of rotatable bonds is 1. The summed E-state index contributed by atoms with van der Waals surface area (Å²) in [5.41, 5.74) is 0. The molecular weight excluding hydrogens is 288 g/mol. The zero-order chi connectivity index (χ0) is 5.11. The van der Waals surface area contributed by atoms with E-state index in [0.29, 0.717) is 0 Å². The van der Waals surface area contributed by atoms with Crippen molar-refractivity contribution in [2.45, 2.75) is 13.3 Å². The van der Waals surface area contributed by atoms with Crippen molar-refractivity contribution in [1.82, 2.24) is 0 Å². The van der Waals surface area contributed by atoms with Crippen LogP contribution in [-0.4, -0.2) is 23.1 Å². The molecule has 0 aliphatic heterocycles. The first kappa shape index (κ1) is 17.5. The van der Waals surface area contributed by atoms with Crippen LogP contribution in [0.1, 0.15) is 11.8 Å². The normalized spacial score (nSPS) is 6.50. The molecule has 0 amide bonds. The summed E-state index contributed by atoms with van der Waals surface area (Å²) in [6, 6.07) is 4.24. The van der Waals surface area contributed by atoms with E-state index in [1.165, 1.54) is 11.3 Å². The second-order valence-electron chi connectivity index (χ2n) is 1.43. The molecule has 54 valence electrons. The minimum absolute atomic E-state index is 0. The smallest absolute Gasteiger partial charge is 1.00 e. The number of aryl methyl sites for hydroxylation is 1. The Balaban J connectivity index is -0.000000163. The molecule has 0 radical (unpaired) electrons. The third-order valence-electron chi connectivity index (χ3n) is 0.929. The van der Waals surface area contributed by atoms with Gasteiger partial charge in [0.05, 0.1) is 0 Å². The van der Waals surface area contributed by atoms with E-state index in [4.69, 9.17) is 0 Å². The van der Waals surface area contributed by atoms with E-state index in [0.717, 1.165) is 0 Å². The molecule has 0 spiro atoms. The Morgan fingerprint density at radius 1 is 1.40 bits per heavy atom. The van der Waals surface area contributed by atoms with E-state index in [-0.39, 0.29) is 57.0 Å². The van der Waals surface area contributed by atoms with Gasteiger partial charge in [-0.25, -0.2) is 0 Å². The Kier molecular flexibility index (Phi) is 18.2. The molecule has 0 saturated heterocycles. The minimum Gasteiger partial charge on any atom is -1.00 e. The molecular formula is C6H8Br2MgS. The molecule has 10 heavy (non-hydrogen) atoms. The summed E-state index contributed by atoms with van der Waals surface area (Å²) in [5.74, 6) is 0. The van der Waals surface area contributed by atoms with Crippen molar-refractivity contribution in [3.05, 3.63) is 22.4 Å². The van der Waals surface area contributed by atoms with Gasteiger partial charge >= 0.3 is 23.1 Å². The maximum absolute atomic E-state index is 2.17. The van der Waals surface area contributed by atoms with Crippen molar-refractivity contribution in [2.75, 3.05) is 0 Å². The van der Waals surface area contributed by atoms with Gasteiger partial charge in [0.1, 0.15) is 0 Å². The average molecular weight is 296 g/mol. The molecule has 1 heterocycles. The summed E-state index contributed by atoms with van der Waals surface area (Å²) >= 11 is 1.82. The molecule has 0 aliphatic rings. The van der Waals surface area contributed by atoms with Crippen LogP contribution in [0.2, 0.25) is 0 Å². The fraction of sp³-hybridized carbons (Fsp3) is 0.333. The van der Waals surface area contributed by atoms with Gasteiger partial charge in [0.25, 0.3) is 0 Å². The van der Waals surface area contributed by atoms with E-state index >= 15 is 0 Å². The largest absolute Gasteiger partial charge is 2.00 e.